The molecule has 4 rings (SSSR count). The molecule has 0 aliphatic carbocycles. The maximum absolute atomic E-state index is 12.0. The molecule has 1 amide bonds. The quantitative estimate of drug-likeness (QED) is 0.750. The summed E-state index contributed by atoms with van der Waals surface area (Å²) in [4.78, 5) is 12.0. The molecule has 1 aromatic carbocycles. The van der Waals surface area contributed by atoms with Crippen LogP contribution in [0.25, 0.3) is 11.6 Å². The smallest absolute Gasteiger partial charge is 0.244 e. The van der Waals surface area contributed by atoms with Gasteiger partial charge >= 0.3 is 0 Å². The van der Waals surface area contributed by atoms with E-state index in [2.05, 4.69) is 10.4 Å². The first-order valence-electron chi connectivity index (χ1n) is 7.57. The summed E-state index contributed by atoms with van der Waals surface area (Å²) in [6.45, 7) is 0.619. The third kappa shape index (κ3) is 2.94. The fourth-order valence-electron chi connectivity index (χ4n) is 2.50. The Morgan fingerprint density at radius 2 is 2.12 bits per heavy atom. The first-order chi connectivity index (χ1) is 11.8. The van der Waals surface area contributed by atoms with Crippen molar-refractivity contribution in [2.75, 3.05) is 6.79 Å². The van der Waals surface area contributed by atoms with Gasteiger partial charge in [-0.1, -0.05) is 12.1 Å². The highest BCUT2D eigenvalue weighted by Gasteiger charge is 2.12. The molecule has 0 radical (unpaired) electrons. The van der Waals surface area contributed by atoms with Crippen molar-refractivity contribution in [3.63, 3.8) is 0 Å². The van der Waals surface area contributed by atoms with Crippen LogP contribution in [0.2, 0.25) is 0 Å². The summed E-state index contributed by atoms with van der Waals surface area (Å²) in [5.74, 6) is 1.25. The van der Waals surface area contributed by atoms with Gasteiger partial charge in [0.25, 0.3) is 0 Å². The van der Waals surface area contributed by atoms with Crippen LogP contribution in [0.15, 0.2) is 54.7 Å². The molecule has 2 aromatic heterocycles. The molecule has 24 heavy (non-hydrogen) atoms. The Labute approximate surface area is 138 Å². The van der Waals surface area contributed by atoms with Crippen molar-refractivity contribution < 1.29 is 14.3 Å². The van der Waals surface area contributed by atoms with Crippen LogP contribution in [0.1, 0.15) is 11.3 Å². The van der Waals surface area contributed by atoms with Crippen LogP contribution in [-0.2, 0) is 11.3 Å². The summed E-state index contributed by atoms with van der Waals surface area (Å²) in [5, 5.41) is 7.21. The molecule has 1 aliphatic rings. The first-order valence-corrected chi connectivity index (χ1v) is 7.57. The zero-order valence-electron chi connectivity index (χ0n) is 12.8. The molecule has 0 spiro atoms. The van der Waals surface area contributed by atoms with Gasteiger partial charge in [-0.15, -0.1) is 0 Å². The monoisotopic (exact) mass is 321 g/mol. The predicted octanol–water partition coefficient (Wildman–Crippen LogP) is 2.39. The van der Waals surface area contributed by atoms with Crippen molar-refractivity contribution in [2.45, 2.75) is 6.54 Å². The van der Waals surface area contributed by atoms with Crippen molar-refractivity contribution in [3.8, 4) is 11.5 Å². The number of nitrogens with zero attached hydrogens (tertiary/aromatic N) is 2. The van der Waals surface area contributed by atoms with E-state index in [1.54, 1.807) is 10.6 Å². The number of pyridine rings is 1. The van der Waals surface area contributed by atoms with Gasteiger partial charge in [-0.3, -0.25) is 4.79 Å². The van der Waals surface area contributed by atoms with E-state index >= 15 is 0 Å². The lowest BCUT2D eigenvalue weighted by atomic mass is 10.2. The second-order valence-electron chi connectivity index (χ2n) is 5.37. The largest absolute Gasteiger partial charge is 0.454 e. The van der Waals surface area contributed by atoms with E-state index in [1.165, 1.54) is 6.08 Å². The molecule has 0 fully saturated rings. The molecule has 6 nitrogen and oxygen atoms in total. The Morgan fingerprint density at radius 3 is 3.04 bits per heavy atom. The fourth-order valence-corrected chi connectivity index (χ4v) is 2.50. The molecule has 3 heterocycles. The van der Waals surface area contributed by atoms with E-state index in [0.717, 1.165) is 22.5 Å². The molecule has 120 valence electrons. The second kappa shape index (κ2) is 6.08. The van der Waals surface area contributed by atoms with Gasteiger partial charge in [0.15, 0.2) is 11.5 Å². The van der Waals surface area contributed by atoms with Crippen LogP contribution in [-0.4, -0.2) is 22.3 Å². The van der Waals surface area contributed by atoms with Crippen molar-refractivity contribution >= 4 is 17.5 Å². The van der Waals surface area contributed by atoms with Crippen molar-refractivity contribution in [1.29, 1.82) is 0 Å². The van der Waals surface area contributed by atoms with E-state index in [-0.39, 0.29) is 12.7 Å². The van der Waals surface area contributed by atoms with E-state index < -0.39 is 0 Å². The summed E-state index contributed by atoms with van der Waals surface area (Å²) in [5.41, 5.74) is 2.69. The van der Waals surface area contributed by atoms with E-state index in [0.29, 0.717) is 12.3 Å². The Balaban J connectivity index is 1.37. The molecule has 0 atom stereocenters. The Bertz CT molecular complexity index is 897. The minimum Gasteiger partial charge on any atom is -0.454 e. The third-order valence-electron chi connectivity index (χ3n) is 3.69. The standard InChI is InChI=1S/C18H15N3O3/c22-18(7-5-13-4-6-16-17(9-13)24-12-23-16)19-11-14-10-15-3-1-2-8-21(15)20-14/h1-10H,11-12H2,(H,19,22)/b7-5+. The average molecular weight is 321 g/mol. The highest BCUT2D eigenvalue weighted by Crippen LogP contribution is 2.32. The Kier molecular flexibility index (Phi) is 3.63. The van der Waals surface area contributed by atoms with Gasteiger partial charge in [-0.25, -0.2) is 4.52 Å². The number of carbonyl (C=O) groups excluding carboxylic acids is 1. The number of amides is 1. The molecule has 0 saturated heterocycles. The average Bonchev–Trinajstić information content (AvgIpc) is 3.23. The van der Waals surface area contributed by atoms with Gasteiger partial charge in [-0.05, 0) is 42.0 Å². The second-order valence-corrected chi connectivity index (χ2v) is 5.37. The summed E-state index contributed by atoms with van der Waals surface area (Å²) in [7, 11) is 0. The molecule has 1 aliphatic heterocycles. The van der Waals surface area contributed by atoms with E-state index in [1.807, 2.05) is 48.7 Å². The van der Waals surface area contributed by atoms with Crippen LogP contribution < -0.4 is 14.8 Å². The maximum Gasteiger partial charge on any atom is 0.244 e. The van der Waals surface area contributed by atoms with Gasteiger partial charge in [-0.2, -0.15) is 5.10 Å². The lowest BCUT2D eigenvalue weighted by Gasteiger charge is -1.99. The van der Waals surface area contributed by atoms with Crippen molar-refractivity contribution in [1.82, 2.24) is 14.9 Å². The summed E-state index contributed by atoms with van der Waals surface area (Å²) < 4.78 is 12.4. The fraction of sp³-hybridized carbons (Fsp3) is 0.111. The Hall–Kier alpha value is -3.28. The van der Waals surface area contributed by atoms with Crippen molar-refractivity contribution in [3.05, 3.63) is 66.0 Å². The topological polar surface area (TPSA) is 64.9 Å². The van der Waals surface area contributed by atoms with Crippen LogP contribution in [0.3, 0.4) is 0 Å². The highest BCUT2D eigenvalue weighted by atomic mass is 16.7. The molecule has 3 aromatic rings. The molecule has 1 N–H and O–H groups in total. The molecule has 0 unspecified atom stereocenters. The van der Waals surface area contributed by atoms with Crippen molar-refractivity contribution in [2.24, 2.45) is 0 Å². The molecule has 6 heteroatoms. The number of hydrogen-bond donors (Lipinski definition) is 1. The normalized spacial score (nSPS) is 12.8. The predicted molar refractivity (Wildman–Crippen MR) is 88.6 cm³/mol. The number of fused-ring (bicyclic) bond motifs is 2. The lowest BCUT2D eigenvalue weighted by molar-refractivity contribution is -0.116. The van der Waals surface area contributed by atoms with Crippen LogP contribution in [0.5, 0.6) is 11.5 Å². The highest BCUT2D eigenvalue weighted by molar-refractivity contribution is 5.91. The summed E-state index contributed by atoms with van der Waals surface area (Å²) >= 11 is 0. The molecular weight excluding hydrogens is 306 g/mol. The number of rotatable bonds is 4. The Morgan fingerprint density at radius 1 is 1.21 bits per heavy atom. The van der Waals surface area contributed by atoms with Gasteiger partial charge in [0.2, 0.25) is 12.7 Å². The molecule has 0 saturated carbocycles. The van der Waals surface area contributed by atoms with Crippen LogP contribution in [0, 0.1) is 0 Å². The van der Waals surface area contributed by atoms with Crippen LogP contribution in [0.4, 0.5) is 0 Å². The van der Waals surface area contributed by atoms with Gasteiger partial charge in [0.1, 0.15) is 0 Å². The van der Waals surface area contributed by atoms with Gasteiger partial charge in [0.05, 0.1) is 17.8 Å². The number of nitrogens with one attached hydrogen (secondary N) is 1. The third-order valence-corrected chi connectivity index (χ3v) is 3.69. The minimum absolute atomic E-state index is 0.176. The molecular formula is C18H15N3O3. The lowest BCUT2D eigenvalue weighted by Crippen LogP contribution is -2.20. The van der Waals surface area contributed by atoms with E-state index in [9.17, 15) is 4.79 Å². The van der Waals surface area contributed by atoms with E-state index in [4.69, 9.17) is 9.47 Å². The first kappa shape index (κ1) is 14.3. The number of carbonyl (C=O) groups is 1. The SMILES string of the molecule is O=C(/C=C/c1ccc2c(c1)OCO2)NCc1cc2ccccn2n1. The number of aromatic nitrogens is 2. The van der Waals surface area contributed by atoms with Gasteiger partial charge in [0, 0.05) is 12.3 Å². The maximum atomic E-state index is 12.0. The number of benzene rings is 1. The zero-order chi connectivity index (χ0) is 16.4. The van der Waals surface area contributed by atoms with Gasteiger partial charge < -0.3 is 14.8 Å². The molecule has 0 bridgehead atoms. The minimum atomic E-state index is -0.176. The number of ether oxygens (including phenoxy) is 2. The van der Waals surface area contributed by atoms with Crippen LogP contribution >= 0.6 is 0 Å². The number of hydrogen-bond acceptors (Lipinski definition) is 4. The summed E-state index contributed by atoms with van der Waals surface area (Å²) in [6, 6.07) is 13.3. The summed E-state index contributed by atoms with van der Waals surface area (Å²) in [6.07, 6.45) is 5.11. The zero-order valence-corrected chi connectivity index (χ0v) is 12.8.